The van der Waals surface area contributed by atoms with Crippen LogP contribution in [0, 0.1) is 0 Å². The van der Waals surface area contributed by atoms with E-state index >= 15 is 0 Å². The summed E-state index contributed by atoms with van der Waals surface area (Å²) in [5, 5.41) is 9.04. The van der Waals surface area contributed by atoms with Crippen molar-refractivity contribution >= 4 is 21.6 Å². The maximum atomic E-state index is 9.04. The highest BCUT2D eigenvalue weighted by atomic mass is 79.9. The molecule has 2 rings (SSSR count). The van der Waals surface area contributed by atoms with Crippen LogP contribution >= 0.6 is 15.9 Å². The Hall–Kier alpha value is -1.52. The van der Waals surface area contributed by atoms with Gasteiger partial charge in [0.05, 0.1) is 6.61 Å². The lowest BCUT2D eigenvalue weighted by Crippen LogP contribution is -2.00. The highest BCUT2D eigenvalue weighted by Gasteiger charge is 2.02. The molecule has 18 heavy (non-hydrogen) atoms. The normalized spacial score (nSPS) is 10.3. The second-order valence-corrected chi connectivity index (χ2v) is 4.85. The first-order valence-corrected chi connectivity index (χ1v) is 6.35. The topological polar surface area (TPSA) is 55.5 Å². The number of rotatable bonds is 4. The third-order valence-corrected chi connectivity index (χ3v) is 3.08. The minimum atomic E-state index is 0.0115. The molecule has 94 valence electrons. The quantitative estimate of drug-likeness (QED) is 0.853. The van der Waals surface area contributed by atoms with E-state index in [2.05, 4.69) is 15.9 Å². The predicted molar refractivity (Wildman–Crippen MR) is 75.3 cm³/mol. The lowest BCUT2D eigenvalue weighted by atomic mass is 10.2. The number of hydrogen-bond acceptors (Lipinski definition) is 3. The second-order valence-electron chi connectivity index (χ2n) is 3.94. The summed E-state index contributed by atoms with van der Waals surface area (Å²) in [6.45, 7) is 0.422. The number of hydrogen-bond donors (Lipinski definition) is 2. The zero-order valence-corrected chi connectivity index (χ0v) is 11.4. The number of nitrogens with two attached hydrogens (primary N) is 1. The summed E-state index contributed by atoms with van der Waals surface area (Å²) < 4.78 is 6.60. The number of halogens is 1. The number of benzene rings is 2. The molecular formula is C14H14BrNO2. The molecule has 4 heteroatoms. The van der Waals surface area contributed by atoms with Gasteiger partial charge in [0.25, 0.3) is 0 Å². The Morgan fingerprint density at radius 2 is 2.00 bits per heavy atom. The summed E-state index contributed by atoms with van der Waals surface area (Å²) in [5.74, 6) is 0.726. The van der Waals surface area contributed by atoms with Gasteiger partial charge in [-0.3, -0.25) is 0 Å². The Morgan fingerprint density at radius 1 is 1.17 bits per heavy atom. The van der Waals surface area contributed by atoms with Crippen LogP contribution in [0.4, 0.5) is 5.69 Å². The first-order chi connectivity index (χ1) is 8.69. The van der Waals surface area contributed by atoms with Crippen LogP contribution in [0.5, 0.6) is 5.75 Å². The van der Waals surface area contributed by atoms with Crippen molar-refractivity contribution in [1.29, 1.82) is 0 Å². The average Bonchev–Trinajstić information content (AvgIpc) is 2.38. The van der Waals surface area contributed by atoms with Gasteiger partial charge in [0.1, 0.15) is 12.4 Å². The SMILES string of the molecule is Nc1cc(Br)ccc1COc1cccc(CO)c1. The number of nitrogen functional groups attached to an aromatic ring is 1. The van der Waals surface area contributed by atoms with Crippen molar-refractivity contribution in [1.82, 2.24) is 0 Å². The molecule has 0 bridgehead atoms. The molecule has 3 N–H and O–H groups in total. The van der Waals surface area contributed by atoms with Gasteiger partial charge in [-0.1, -0.05) is 34.1 Å². The molecular weight excluding hydrogens is 294 g/mol. The van der Waals surface area contributed by atoms with Gasteiger partial charge in [-0.25, -0.2) is 0 Å². The van der Waals surface area contributed by atoms with E-state index in [1.165, 1.54) is 0 Å². The molecule has 0 saturated heterocycles. The number of aliphatic hydroxyl groups excluding tert-OH is 1. The van der Waals surface area contributed by atoms with Gasteiger partial charge >= 0.3 is 0 Å². The van der Waals surface area contributed by atoms with Gasteiger partial charge in [-0.05, 0) is 29.8 Å². The molecule has 0 aromatic heterocycles. The van der Waals surface area contributed by atoms with E-state index in [4.69, 9.17) is 15.6 Å². The predicted octanol–water partition coefficient (Wildman–Crippen LogP) is 3.10. The van der Waals surface area contributed by atoms with Crippen molar-refractivity contribution in [2.45, 2.75) is 13.2 Å². The summed E-state index contributed by atoms with van der Waals surface area (Å²) in [6, 6.07) is 13.1. The zero-order valence-electron chi connectivity index (χ0n) is 9.77. The molecule has 0 unspecified atom stereocenters. The monoisotopic (exact) mass is 307 g/mol. The first kappa shape index (κ1) is 12.9. The van der Waals surface area contributed by atoms with Crippen LogP contribution in [-0.2, 0) is 13.2 Å². The van der Waals surface area contributed by atoms with Crippen LogP contribution in [0.25, 0.3) is 0 Å². The Bertz CT molecular complexity index is 543. The van der Waals surface area contributed by atoms with Crippen LogP contribution in [0.3, 0.4) is 0 Å². The Morgan fingerprint density at radius 3 is 2.72 bits per heavy atom. The number of aliphatic hydroxyl groups is 1. The largest absolute Gasteiger partial charge is 0.489 e. The van der Waals surface area contributed by atoms with E-state index in [0.717, 1.165) is 21.3 Å². The molecule has 0 aliphatic heterocycles. The van der Waals surface area contributed by atoms with Crippen molar-refractivity contribution in [3.63, 3.8) is 0 Å². The van der Waals surface area contributed by atoms with Gasteiger partial charge < -0.3 is 15.6 Å². The zero-order chi connectivity index (χ0) is 13.0. The van der Waals surface area contributed by atoms with Gasteiger partial charge in [-0.2, -0.15) is 0 Å². The molecule has 0 spiro atoms. The average molecular weight is 308 g/mol. The van der Waals surface area contributed by atoms with E-state index in [-0.39, 0.29) is 6.61 Å². The second kappa shape index (κ2) is 5.89. The molecule has 0 aliphatic rings. The Kier molecular flexibility index (Phi) is 4.23. The molecule has 0 fully saturated rings. The van der Waals surface area contributed by atoms with E-state index in [1.54, 1.807) is 0 Å². The number of anilines is 1. The first-order valence-electron chi connectivity index (χ1n) is 5.55. The molecule has 2 aromatic rings. The summed E-state index contributed by atoms with van der Waals surface area (Å²) in [7, 11) is 0. The summed E-state index contributed by atoms with van der Waals surface area (Å²) in [5.41, 5.74) is 8.36. The summed E-state index contributed by atoms with van der Waals surface area (Å²) >= 11 is 3.36. The van der Waals surface area contributed by atoms with Gasteiger partial charge in [0, 0.05) is 15.7 Å². The van der Waals surface area contributed by atoms with Gasteiger partial charge in [0.15, 0.2) is 0 Å². The molecule has 2 aromatic carbocycles. The molecule has 0 aliphatic carbocycles. The highest BCUT2D eigenvalue weighted by Crippen LogP contribution is 2.21. The molecule has 0 atom stereocenters. The van der Waals surface area contributed by atoms with Crippen LogP contribution < -0.4 is 10.5 Å². The van der Waals surface area contributed by atoms with E-state index in [9.17, 15) is 0 Å². The van der Waals surface area contributed by atoms with Crippen molar-refractivity contribution in [3.8, 4) is 5.75 Å². The van der Waals surface area contributed by atoms with Crippen LogP contribution in [0.2, 0.25) is 0 Å². The van der Waals surface area contributed by atoms with Crippen molar-refractivity contribution in [3.05, 3.63) is 58.1 Å². The lowest BCUT2D eigenvalue weighted by Gasteiger charge is -2.09. The van der Waals surface area contributed by atoms with Crippen LogP contribution in [-0.4, -0.2) is 5.11 Å². The fraction of sp³-hybridized carbons (Fsp3) is 0.143. The highest BCUT2D eigenvalue weighted by molar-refractivity contribution is 9.10. The molecule has 0 radical (unpaired) electrons. The lowest BCUT2D eigenvalue weighted by molar-refractivity contribution is 0.278. The molecule has 0 saturated carbocycles. The minimum Gasteiger partial charge on any atom is -0.489 e. The maximum Gasteiger partial charge on any atom is 0.120 e. The summed E-state index contributed by atoms with van der Waals surface area (Å²) in [6.07, 6.45) is 0. The van der Waals surface area contributed by atoms with Crippen molar-refractivity contribution in [2.75, 3.05) is 5.73 Å². The minimum absolute atomic E-state index is 0.0115. The molecule has 0 amide bonds. The fourth-order valence-corrected chi connectivity index (χ4v) is 1.97. The third-order valence-electron chi connectivity index (χ3n) is 2.58. The van der Waals surface area contributed by atoms with Crippen LogP contribution in [0.1, 0.15) is 11.1 Å². The fourth-order valence-electron chi connectivity index (χ4n) is 1.59. The summed E-state index contributed by atoms with van der Waals surface area (Å²) in [4.78, 5) is 0. The Labute approximate surface area is 114 Å². The Balaban J connectivity index is 2.06. The van der Waals surface area contributed by atoms with E-state index < -0.39 is 0 Å². The van der Waals surface area contributed by atoms with E-state index in [1.807, 2.05) is 42.5 Å². The molecule has 0 heterocycles. The maximum absolute atomic E-state index is 9.04. The number of ether oxygens (including phenoxy) is 1. The van der Waals surface area contributed by atoms with Gasteiger partial charge in [-0.15, -0.1) is 0 Å². The molecule has 3 nitrogen and oxygen atoms in total. The van der Waals surface area contributed by atoms with Crippen molar-refractivity contribution < 1.29 is 9.84 Å². The van der Waals surface area contributed by atoms with Crippen LogP contribution in [0.15, 0.2) is 46.9 Å². The van der Waals surface area contributed by atoms with Gasteiger partial charge in [0.2, 0.25) is 0 Å². The standard InChI is InChI=1S/C14H14BrNO2/c15-12-5-4-11(14(16)7-12)9-18-13-3-1-2-10(6-13)8-17/h1-7,17H,8-9,16H2. The van der Waals surface area contributed by atoms with Crippen molar-refractivity contribution in [2.24, 2.45) is 0 Å². The van der Waals surface area contributed by atoms with E-state index in [0.29, 0.717) is 12.3 Å². The smallest absolute Gasteiger partial charge is 0.120 e. The third kappa shape index (κ3) is 3.24.